The van der Waals surface area contributed by atoms with Gasteiger partial charge in [0.05, 0.1) is 23.0 Å². The number of benzene rings is 2. The first-order valence-corrected chi connectivity index (χ1v) is 7.09. The SMILES string of the molecule is COc1ccc(C(Br)c2ccc3[nH]c(=O)[nH]c3c2)cc1. The summed E-state index contributed by atoms with van der Waals surface area (Å²) < 4.78 is 5.16. The summed E-state index contributed by atoms with van der Waals surface area (Å²) in [5.41, 5.74) is 3.65. The molecule has 3 rings (SSSR count). The van der Waals surface area contributed by atoms with Crippen LogP contribution in [0.5, 0.6) is 5.75 Å². The third kappa shape index (κ3) is 2.36. The number of methoxy groups -OCH3 is 1. The molecule has 0 saturated heterocycles. The van der Waals surface area contributed by atoms with Gasteiger partial charge in [0.1, 0.15) is 5.75 Å². The summed E-state index contributed by atoms with van der Waals surface area (Å²) in [4.78, 5) is 16.8. The lowest BCUT2D eigenvalue weighted by atomic mass is 10.0. The van der Waals surface area contributed by atoms with Gasteiger partial charge in [0.25, 0.3) is 0 Å². The lowest BCUT2D eigenvalue weighted by Gasteiger charge is -2.11. The molecule has 0 spiro atoms. The highest BCUT2D eigenvalue weighted by Gasteiger charge is 2.11. The molecule has 1 atom stereocenters. The summed E-state index contributed by atoms with van der Waals surface area (Å²) in [6, 6.07) is 13.8. The molecule has 2 N–H and O–H groups in total. The predicted octanol–water partition coefficient (Wildman–Crippen LogP) is 3.35. The summed E-state index contributed by atoms with van der Waals surface area (Å²) in [5, 5.41) is 0. The first-order chi connectivity index (χ1) is 9.67. The Hall–Kier alpha value is -2.01. The van der Waals surface area contributed by atoms with Gasteiger partial charge in [0.15, 0.2) is 0 Å². The lowest BCUT2D eigenvalue weighted by molar-refractivity contribution is 0.414. The Balaban J connectivity index is 1.97. The molecule has 1 aromatic heterocycles. The van der Waals surface area contributed by atoms with E-state index in [1.807, 2.05) is 42.5 Å². The number of fused-ring (bicyclic) bond motifs is 1. The van der Waals surface area contributed by atoms with Crippen LogP contribution in [0.25, 0.3) is 11.0 Å². The fraction of sp³-hybridized carbons (Fsp3) is 0.133. The molecule has 0 aliphatic carbocycles. The van der Waals surface area contributed by atoms with E-state index >= 15 is 0 Å². The molecule has 102 valence electrons. The maximum atomic E-state index is 11.3. The molecular formula is C15H13BrN2O2. The average molecular weight is 333 g/mol. The van der Waals surface area contributed by atoms with Crippen molar-refractivity contribution in [2.45, 2.75) is 4.83 Å². The normalized spacial score (nSPS) is 12.5. The largest absolute Gasteiger partial charge is 0.497 e. The topological polar surface area (TPSA) is 57.9 Å². The van der Waals surface area contributed by atoms with Gasteiger partial charge in [-0.2, -0.15) is 0 Å². The number of aromatic nitrogens is 2. The van der Waals surface area contributed by atoms with Crippen LogP contribution < -0.4 is 10.4 Å². The molecular weight excluding hydrogens is 320 g/mol. The van der Waals surface area contributed by atoms with Gasteiger partial charge in [0.2, 0.25) is 0 Å². The third-order valence-electron chi connectivity index (χ3n) is 3.24. The van der Waals surface area contributed by atoms with E-state index in [2.05, 4.69) is 25.9 Å². The molecule has 0 aliphatic rings. The summed E-state index contributed by atoms with van der Waals surface area (Å²) >= 11 is 3.69. The number of rotatable bonds is 3. The minimum atomic E-state index is -0.187. The molecule has 0 amide bonds. The van der Waals surface area contributed by atoms with Gasteiger partial charge in [0, 0.05) is 0 Å². The summed E-state index contributed by atoms with van der Waals surface area (Å²) in [6.07, 6.45) is 0. The van der Waals surface area contributed by atoms with Gasteiger partial charge in [-0.25, -0.2) is 4.79 Å². The molecule has 0 fully saturated rings. The van der Waals surface area contributed by atoms with Crippen molar-refractivity contribution in [3.8, 4) is 5.75 Å². The van der Waals surface area contributed by atoms with Crippen LogP contribution in [0.15, 0.2) is 47.3 Å². The number of halogens is 1. The first-order valence-electron chi connectivity index (χ1n) is 6.17. The van der Waals surface area contributed by atoms with Crippen molar-refractivity contribution in [2.75, 3.05) is 7.11 Å². The minimum Gasteiger partial charge on any atom is -0.497 e. The van der Waals surface area contributed by atoms with Crippen LogP contribution in [0.4, 0.5) is 0 Å². The standard InChI is InChI=1S/C15H13BrN2O2/c1-20-11-5-2-9(3-6-11)14(16)10-4-7-12-13(8-10)18-15(19)17-12/h2-8,14H,1H3,(H2,17,18,19). The van der Waals surface area contributed by atoms with Crippen molar-refractivity contribution in [3.63, 3.8) is 0 Å². The molecule has 20 heavy (non-hydrogen) atoms. The van der Waals surface area contributed by atoms with Crippen molar-refractivity contribution in [2.24, 2.45) is 0 Å². The van der Waals surface area contributed by atoms with Crippen molar-refractivity contribution in [1.29, 1.82) is 0 Å². The number of H-pyrrole nitrogens is 2. The lowest BCUT2D eigenvalue weighted by Crippen LogP contribution is -1.99. The highest BCUT2D eigenvalue weighted by molar-refractivity contribution is 9.09. The van der Waals surface area contributed by atoms with E-state index in [1.54, 1.807) is 7.11 Å². The fourth-order valence-electron chi connectivity index (χ4n) is 2.17. The van der Waals surface area contributed by atoms with Crippen LogP contribution >= 0.6 is 15.9 Å². The van der Waals surface area contributed by atoms with Crippen molar-refractivity contribution in [3.05, 3.63) is 64.1 Å². The highest BCUT2D eigenvalue weighted by atomic mass is 79.9. The minimum absolute atomic E-state index is 0.0659. The second kappa shape index (κ2) is 5.17. The second-order valence-corrected chi connectivity index (χ2v) is 5.44. The van der Waals surface area contributed by atoms with Crippen LogP contribution in [0, 0.1) is 0 Å². The molecule has 1 heterocycles. The fourth-order valence-corrected chi connectivity index (χ4v) is 2.76. The van der Waals surface area contributed by atoms with E-state index in [0.29, 0.717) is 0 Å². The zero-order chi connectivity index (χ0) is 14.1. The van der Waals surface area contributed by atoms with E-state index in [4.69, 9.17) is 4.74 Å². The Morgan fingerprint density at radius 1 is 1.00 bits per heavy atom. The monoisotopic (exact) mass is 332 g/mol. The van der Waals surface area contributed by atoms with E-state index in [1.165, 1.54) is 0 Å². The number of imidazole rings is 1. The van der Waals surface area contributed by atoms with Gasteiger partial charge < -0.3 is 14.7 Å². The van der Waals surface area contributed by atoms with Gasteiger partial charge in [-0.15, -0.1) is 0 Å². The van der Waals surface area contributed by atoms with E-state index < -0.39 is 0 Å². The number of aromatic amines is 2. The Morgan fingerprint density at radius 2 is 1.65 bits per heavy atom. The maximum Gasteiger partial charge on any atom is 0.323 e. The van der Waals surface area contributed by atoms with E-state index in [0.717, 1.165) is 27.9 Å². The summed E-state index contributed by atoms with van der Waals surface area (Å²) in [6.45, 7) is 0. The first kappa shape index (κ1) is 13.0. The Morgan fingerprint density at radius 3 is 2.35 bits per heavy atom. The number of nitrogens with one attached hydrogen (secondary N) is 2. The quantitative estimate of drug-likeness (QED) is 0.722. The Labute approximate surface area is 123 Å². The van der Waals surface area contributed by atoms with Crippen molar-refractivity contribution >= 4 is 27.0 Å². The molecule has 3 aromatic rings. The molecule has 0 saturated carbocycles. The highest BCUT2D eigenvalue weighted by Crippen LogP contribution is 2.32. The molecule has 2 aromatic carbocycles. The molecule has 1 unspecified atom stereocenters. The van der Waals surface area contributed by atoms with E-state index in [9.17, 15) is 4.79 Å². The predicted molar refractivity (Wildman–Crippen MR) is 82.7 cm³/mol. The Bertz CT molecular complexity index is 789. The van der Waals surface area contributed by atoms with Gasteiger partial charge in [-0.3, -0.25) is 0 Å². The molecule has 0 bridgehead atoms. The number of alkyl halides is 1. The molecule has 0 radical (unpaired) electrons. The number of hydrogen-bond acceptors (Lipinski definition) is 2. The second-order valence-electron chi connectivity index (χ2n) is 4.52. The van der Waals surface area contributed by atoms with E-state index in [-0.39, 0.29) is 10.5 Å². The van der Waals surface area contributed by atoms with Crippen molar-refractivity contribution in [1.82, 2.24) is 9.97 Å². The average Bonchev–Trinajstić information content (AvgIpc) is 2.85. The van der Waals surface area contributed by atoms with Crippen LogP contribution in [0.2, 0.25) is 0 Å². The summed E-state index contributed by atoms with van der Waals surface area (Å²) in [5.74, 6) is 0.832. The maximum absolute atomic E-state index is 11.3. The van der Waals surface area contributed by atoms with Crippen LogP contribution in [0.1, 0.15) is 16.0 Å². The third-order valence-corrected chi connectivity index (χ3v) is 4.30. The number of hydrogen-bond donors (Lipinski definition) is 2. The summed E-state index contributed by atoms with van der Waals surface area (Å²) in [7, 11) is 1.65. The molecule has 4 nitrogen and oxygen atoms in total. The van der Waals surface area contributed by atoms with Crippen molar-refractivity contribution < 1.29 is 4.74 Å². The zero-order valence-electron chi connectivity index (χ0n) is 10.8. The van der Waals surface area contributed by atoms with Gasteiger partial charge >= 0.3 is 5.69 Å². The molecule has 5 heteroatoms. The molecule has 0 aliphatic heterocycles. The number of ether oxygens (including phenoxy) is 1. The van der Waals surface area contributed by atoms with Gasteiger partial charge in [-0.1, -0.05) is 34.1 Å². The van der Waals surface area contributed by atoms with Crippen LogP contribution in [0.3, 0.4) is 0 Å². The smallest absolute Gasteiger partial charge is 0.323 e. The zero-order valence-corrected chi connectivity index (χ0v) is 12.4. The van der Waals surface area contributed by atoms with Gasteiger partial charge in [-0.05, 0) is 35.4 Å². The van der Waals surface area contributed by atoms with Crippen LogP contribution in [-0.4, -0.2) is 17.1 Å². The van der Waals surface area contributed by atoms with Crippen LogP contribution in [-0.2, 0) is 0 Å². The Kier molecular flexibility index (Phi) is 3.36.